The molecule has 0 aliphatic heterocycles. The van der Waals surface area contributed by atoms with Gasteiger partial charge >= 0.3 is 5.97 Å². The molecule has 0 fully saturated rings. The van der Waals surface area contributed by atoms with Crippen LogP contribution in [0.15, 0.2) is 0 Å². The largest absolute Gasteiger partial charge is 0.481 e. The Balaban J connectivity index is 3.49. The van der Waals surface area contributed by atoms with Crippen molar-refractivity contribution in [2.75, 3.05) is 39.3 Å². The first-order valence-corrected chi connectivity index (χ1v) is 5.94. The van der Waals surface area contributed by atoms with E-state index in [1.165, 1.54) is 0 Å². The summed E-state index contributed by atoms with van der Waals surface area (Å²) in [5.74, 6) is -1.70. The molecule has 0 aromatic carbocycles. The highest BCUT2D eigenvalue weighted by atomic mass is 16.4. The van der Waals surface area contributed by atoms with E-state index in [0.29, 0.717) is 19.6 Å². The van der Waals surface area contributed by atoms with Crippen molar-refractivity contribution in [1.82, 2.24) is 16.0 Å². The Morgan fingerprint density at radius 2 is 1.61 bits per heavy atom. The quantitative estimate of drug-likeness (QED) is 0.206. The molecule has 0 aromatic heterocycles. The van der Waals surface area contributed by atoms with Crippen molar-refractivity contribution in [3.05, 3.63) is 0 Å². The van der Waals surface area contributed by atoms with E-state index in [4.69, 9.17) is 16.6 Å². The number of aliphatic carboxylic acids is 1. The second-order valence-corrected chi connectivity index (χ2v) is 3.80. The second-order valence-electron chi connectivity index (χ2n) is 3.80. The third kappa shape index (κ3) is 9.97. The SMILES string of the molecule is NCCNCCNCCN[C@@H](CC(=O)O)C(N)=O. The Kier molecular flexibility index (Phi) is 10.2. The first kappa shape index (κ1) is 16.8. The summed E-state index contributed by atoms with van der Waals surface area (Å²) in [4.78, 5) is 21.4. The maximum atomic E-state index is 10.9. The van der Waals surface area contributed by atoms with Crippen molar-refractivity contribution in [2.24, 2.45) is 11.5 Å². The molecular formula is C10H23N5O3. The van der Waals surface area contributed by atoms with E-state index < -0.39 is 17.9 Å². The van der Waals surface area contributed by atoms with Gasteiger partial charge in [-0.15, -0.1) is 0 Å². The zero-order valence-electron chi connectivity index (χ0n) is 10.4. The van der Waals surface area contributed by atoms with Gasteiger partial charge in [0, 0.05) is 39.3 Å². The normalized spacial score (nSPS) is 12.3. The third-order valence-corrected chi connectivity index (χ3v) is 2.21. The van der Waals surface area contributed by atoms with Crippen molar-refractivity contribution in [2.45, 2.75) is 12.5 Å². The van der Waals surface area contributed by atoms with Crippen LogP contribution in [0.5, 0.6) is 0 Å². The molecule has 18 heavy (non-hydrogen) atoms. The van der Waals surface area contributed by atoms with Crippen LogP contribution >= 0.6 is 0 Å². The zero-order chi connectivity index (χ0) is 13.8. The Hall–Kier alpha value is -1.22. The maximum absolute atomic E-state index is 10.9. The number of rotatable bonds is 12. The van der Waals surface area contributed by atoms with Gasteiger partial charge in [-0.2, -0.15) is 0 Å². The van der Waals surface area contributed by atoms with Crippen LogP contribution < -0.4 is 27.4 Å². The van der Waals surface area contributed by atoms with Crippen molar-refractivity contribution in [1.29, 1.82) is 0 Å². The van der Waals surface area contributed by atoms with E-state index in [-0.39, 0.29) is 6.42 Å². The van der Waals surface area contributed by atoms with Gasteiger partial charge in [-0.05, 0) is 0 Å². The fraction of sp³-hybridized carbons (Fsp3) is 0.800. The average molecular weight is 261 g/mol. The van der Waals surface area contributed by atoms with Crippen LogP contribution in [0, 0.1) is 0 Å². The Bertz CT molecular complexity index is 250. The molecule has 0 heterocycles. The molecule has 0 radical (unpaired) electrons. The number of hydrogen-bond donors (Lipinski definition) is 6. The van der Waals surface area contributed by atoms with Crippen LogP contribution in [0.1, 0.15) is 6.42 Å². The van der Waals surface area contributed by atoms with Crippen molar-refractivity contribution in [3.8, 4) is 0 Å². The molecule has 0 aliphatic carbocycles. The van der Waals surface area contributed by atoms with Crippen molar-refractivity contribution < 1.29 is 14.7 Å². The van der Waals surface area contributed by atoms with Crippen LogP contribution in [0.4, 0.5) is 0 Å². The van der Waals surface area contributed by atoms with Gasteiger partial charge in [-0.1, -0.05) is 0 Å². The lowest BCUT2D eigenvalue weighted by Crippen LogP contribution is -2.45. The predicted octanol–water partition coefficient (Wildman–Crippen LogP) is -2.96. The minimum Gasteiger partial charge on any atom is -0.481 e. The van der Waals surface area contributed by atoms with E-state index >= 15 is 0 Å². The first-order chi connectivity index (χ1) is 8.57. The molecule has 0 spiro atoms. The zero-order valence-corrected chi connectivity index (χ0v) is 10.4. The number of carboxylic acids is 1. The second kappa shape index (κ2) is 10.9. The van der Waals surface area contributed by atoms with Gasteiger partial charge in [0.2, 0.25) is 5.91 Å². The molecule has 106 valence electrons. The Morgan fingerprint density at radius 1 is 1.06 bits per heavy atom. The van der Waals surface area contributed by atoms with Crippen LogP contribution in [-0.4, -0.2) is 62.3 Å². The van der Waals surface area contributed by atoms with Gasteiger partial charge in [0.15, 0.2) is 0 Å². The minimum atomic E-state index is -1.05. The number of nitrogens with two attached hydrogens (primary N) is 2. The number of carboxylic acid groups (broad SMARTS) is 1. The van der Waals surface area contributed by atoms with E-state index in [1.807, 2.05) is 0 Å². The molecule has 0 aliphatic rings. The summed E-state index contributed by atoms with van der Waals surface area (Å²) in [6, 6.07) is -0.820. The summed E-state index contributed by atoms with van der Waals surface area (Å²) in [6.07, 6.45) is -0.298. The highest BCUT2D eigenvalue weighted by Crippen LogP contribution is 1.90. The van der Waals surface area contributed by atoms with Gasteiger partial charge in [0.05, 0.1) is 12.5 Å². The lowest BCUT2D eigenvalue weighted by atomic mass is 10.2. The van der Waals surface area contributed by atoms with Gasteiger partial charge in [0.25, 0.3) is 0 Å². The molecule has 8 nitrogen and oxygen atoms in total. The van der Waals surface area contributed by atoms with E-state index in [0.717, 1.165) is 19.6 Å². The van der Waals surface area contributed by atoms with Gasteiger partial charge in [-0.25, -0.2) is 0 Å². The predicted molar refractivity (Wildman–Crippen MR) is 68.0 cm³/mol. The first-order valence-electron chi connectivity index (χ1n) is 5.94. The van der Waals surface area contributed by atoms with Crippen LogP contribution in [0.2, 0.25) is 0 Å². The highest BCUT2D eigenvalue weighted by Gasteiger charge is 2.17. The number of carbonyl (C=O) groups excluding carboxylic acids is 1. The van der Waals surface area contributed by atoms with Gasteiger partial charge in [-0.3, -0.25) is 9.59 Å². The van der Waals surface area contributed by atoms with E-state index in [9.17, 15) is 9.59 Å². The summed E-state index contributed by atoms with van der Waals surface area (Å²) >= 11 is 0. The fourth-order valence-corrected chi connectivity index (χ4v) is 1.31. The number of hydrogen-bond acceptors (Lipinski definition) is 6. The smallest absolute Gasteiger partial charge is 0.305 e. The summed E-state index contributed by atoms with van der Waals surface area (Å²) in [6.45, 7) is 4.10. The van der Waals surface area contributed by atoms with Crippen LogP contribution in [0.25, 0.3) is 0 Å². The van der Waals surface area contributed by atoms with E-state index in [2.05, 4.69) is 16.0 Å². The fourth-order valence-electron chi connectivity index (χ4n) is 1.31. The van der Waals surface area contributed by atoms with Crippen molar-refractivity contribution >= 4 is 11.9 Å². The minimum absolute atomic E-state index is 0.298. The number of primary amides is 1. The third-order valence-electron chi connectivity index (χ3n) is 2.21. The molecule has 0 saturated carbocycles. The molecule has 8 N–H and O–H groups in total. The lowest BCUT2D eigenvalue weighted by Gasteiger charge is -2.13. The standard InChI is InChI=1S/C10H23N5O3/c11-1-2-13-3-4-14-5-6-15-8(10(12)18)7-9(16)17/h8,13-15H,1-7,11H2,(H2,12,18)(H,16,17)/t8-/m0/s1. The highest BCUT2D eigenvalue weighted by molar-refractivity contribution is 5.84. The van der Waals surface area contributed by atoms with E-state index in [1.54, 1.807) is 0 Å². The molecule has 0 bridgehead atoms. The van der Waals surface area contributed by atoms with Gasteiger partial charge in [0.1, 0.15) is 0 Å². The average Bonchev–Trinajstić information content (AvgIpc) is 2.30. The number of amides is 1. The molecule has 8 heteroatoms. The summed E-state index contributed by atoms with van der Waals surface area (Å²) in [5, 5.41) is 17.6. The molecule has 1 atom stereocenters. The molecule has 0 aromatic rings. The number of nitrogens with one attached hydrogen (secondary N) is 3. The molecule has 0 unspecified atom stereocenters. The van der Waals surface area contributed by atoms with Crippen LogP contribution in [0.3, 0.4) is 0 Å². The number of carbonyl (C=O) groups is 2. The summed E-state index contributed by atoms with van der Waals surface area (Å²) in [5.41, 5.74) is 10.4. The topological polar surface area (TPSA) is 142 Å². The Morgan fingerprint density at radius 3 is 2.11 bits per heavy atom. The monoisotopic (exact) mass is 261 g/mol. The Labute approximate surface area is 106 Å². The summed E-state index contributed by atoms with van der Waals surface area (Å²) < 4.78 is 0. The molecule has 1 amide bonds. The molecule has 0 saturated heterocycles. The lowest BCUT2D eigenvalue weighted by molar-refractivity contribution is -0.139. The maximum Gasteiger partial charge on any atom is 0.305 e. The van der Waals surface area contributed by atoms with Gasteiger partial charge < -0.3 is 32.5 Å². The van der Waals surface area contributed by atoms with Crippen LogP contribution in [-0.2, 0) is 9.59 Å². The summed E-state index contributed by atoms with van der Waals surface area (Å²) in [7, 11) is 0. The molecule has 0 rings (SSSR count). The van der Waals surface area contributed by atoms with Crippen molar-refractivity contribution in [3.63, 3.8) is 0 Å². The molecular weight excluding hydrogens is 238 g/mol.